The van der Waals surface area contributed by atoms with E-state index in [9.17, 15) is 12.8 Å². The molecule has 18 heavy (non-hydrogen) atoms. The third-order valence-electron chi connectivity index (χ3n) is 2.36. The maximum absolute atomic E-state index is 13.7. The number of hydrogen-bond acceptors (Lipinski definition) is 4. The molecule has 0 saturated carbocycles. The molecule has 1 rings (SSSR count). The molecular weight excluding hydrogens is 283 g/mol. The Bertz CT molecular complexity index is 532. The van der Waals surface area contributed by atoms with E-state index in [-0.39, 0.29) is 17.3 Å². The molecule has 0 unspecified atom stereocenters. The highest BCUT2D eigenvalue weighted by Crippen LogP contribution is 2.25. The summed E-state index contributed by atoms with van der Waals surface area (Å²) in [4.78, 5) is -0.626. The van der Waals surface area contributed by atoms with Crippen LogP contribution in [0.25, 0.3) is 0 Å². The molecule has 0 saturated heterocycles. The van der Waals surface area contributed by atoms with Crippen LogP contribution < -0.4 is 10.5 Å². The number of aliphatic hydroxyl groups excluding tert-OH is 1. The number of nitrogens with one attached hydrogen (secondary N) is 1. The molecule has 0 amide bonds. The first-order chi connectivity index (χ1) is 8.31. The Morgan fingerprint density at radius 3 is 2.67 bits per heavy atom. The van der Waals surface area contributed by atoms with E-state index < -0.39 is 26.8 Å². The van der Waals surface area contributed by atoms with Gasteiger partial charge in [-0.2, -0.15) is 0 Å². The van der Waals surface area contributed by atoms with E-state index in [1.165, 1.54) is 0 Å². The first-order valence-corrected chi connectivity index (χ1v) is 7.05. The lowest BCUT2D eigenvalue weighted by Gasteiger charge is -2.15. The van der Waals surface area contributed by atoms with Crippen LogP contribution in [0, 0.1) is 5.82 Å². The van der Waals surface area contributed by atoms with Crippen LogP contribution in [0.3, 0.4) is 0 Å². The highest BCUT2D eigenvalue weighted by Gasteiger charge is 2.24. The molecule has 1 aromatic carbocycles. The van der Waals surface area contributed by atoms with Crippen LogP contribution in [0.4, 0.5) is 10.1 Å². The van der Waals surface area contributed by atoms with Crippen molar-refractivity contribution < 1.29 is 17.9 Å². The predicted octanol–water partition coefficient (Wildman–Crippen LogP) is 1.11. The summed E-state index contributed by atoms with van der Waals surface area (Å²) >= 11 is 5.64. The smallest absolute Gasteiger partial charge is 0.243 e. The van der Waals surface area contributed by atoms with Crippen molar-refractivity contribution in [3.05, 3.63) is 23.0 Å². The van der Waals surface area contributed by atoms with E-state index in [2.05, 4.69) is 4.72 Å². The average Bonchev–Trinajstić information content (AvgIpc) is 2.30. The molecule has 1 aromatic rings. The van der Waals surface area contributed by atoms with Crippen LogP contribution in [-0.2, 0) is 10.0 Å². The largest absolute Gasteiger partial charge is 0.396 e. The number of nitrogen functional groups attached to an aromatic ring is 1. The zero-order valence-corrected chi connectivity index (χ0v) is 11.2. The van der Waals surface area contributed by atoms with Crippen molar-refractivity contribution in [2.75, 3.05) is 12.3 Å². The third-order valence-corrected chi connectivity index (χ3v) is 4.09. The molecule has 5 nitrogen and oxygen atoms in total. The summed E-state index contributed by atoms with van der Waals surface area (Å²) in [7, 11) is -4.11. The number of anilines is 1. The molecule has 0 heterocycles. The molecule has 0 spiro atoms. The summed E-state index contributed by atoms with van der Waals surface area (Å²) in [6, 6.07) is 1.41. The maximum atomic E-state index is 13.7. The van der Waals surface area contributed by atoms with Crippen molar-refractivity contribution in [1.29, 1.82) is 0 Å². The topological polar surface area (TPSA) is 92.4 Å². The Hall–Kier alpha value is -0.890. The number of nitrogens with two attached hydrogens (primary N) is 1. The fourth-order valence-corrected chi connectivity index (χ4v) is 3.05. The zero-order valence-electron chi connectivity index (χ0n) is 9.65. The number of rotatable bonds is 5. The summed E-state index contributed by atoms with van der Waals surface area (Å²) in [6.07, 6.45) is 0.368. The van der Waals surface area contributed by atoms with E-state index in [0.717, 1.165) is 12.1 Å². The second kappa shape index (κ2) is 5.83. The van der Waals surface area contributed by atoms with Crippen molar-refractivity contribution in [3.8, 4) is 0 Å². The number of aliphatic hydroxyl groups is 1. The van der Waals surface area contributed by atoms with Crippen molar-refractivity contribution in [2.45, 2.75) is 24.3 Å². The fourth-order valence-electron chi connectivity index (χ4n) is 1.31. The second-order valence-corrected chi connectivity index (χ2v) is 5.84. The van der Waals surface area contributed by atoms with E-state index in [1.807, 2.05) is 0 Å². The molecule has 0 radical (unpaired) electrons. The van der Waals surface area contributed by atoms with Crippen molar-refractivity contribution >= 4 is 27.3 Å². The van der Waals surface area contributed by atoms with Gasteiger partial charge in [-0.05, 0) is 18.6 Å². The molecule has 1 atom stereocenters. The van der Waals surface area contributed by atoms with Gasteiger partial charge in [0.2, 0.25) is 10.0 Å². The van der Waals surface area contributed by atoms with Gasteiger partial charge in [0.15, 0.2) is 5.82 Å². The highest BCUT2D eigenvalue weighted by molar-refractivity contribution is 7.89. The van der Waals surface area contributed by atoms with Gasteiger partial charge in [-0.15, -0.1) is 0 Å². The van der Waals surface area contributed by atoms with E-state index in [0.29, 0.717) is 6.42 Å². The Morgan fingerprint density at radius 2 is 2.17 bits per heavy atom. The molecule has 102 valence electrons. The Labute approximate surface area is 110 Å². The monoisotopic (exact) mass is 296 g/mol. The van der Waals surface area contributed by atoms with E-state index >= 15 is 0 Å². The van der Waals surface area contributed by atoms with Crippen LogP contribution in [0.2, 0.25) is 5.02 Å². The summed E-state index contributed by atoms with van der Waals surface area (Å²) in [5.74, 6) is -1.06. The van der Waals surface area contributed by atoms with Gasteiger partial charge in [0.05, 0.1) is 12.3 Å². The van der Waals surface area contributed by atoms with Crippen LogP contribution >= 0.6 is 11.6 Å². The van der Waals surface area contributed by atoms with Crippen LogP contribution in [0.15, 0.2) is 17.0 Å². The minimum atomic E-state index is -4.11. The standard InChI is InChI=1S/C10H14ClFN2O3S/c1-2-7(5-15)14-18(16,17)9-4-6(11)3-8(13)10(9)12/h3-4,7,14-15H,2,5,13H2,1H3/t7-/m1/s1. The van der Waals surface area contributed by atoms with E-state index in [4.69, 9.17) is 22.4 Å². The third kappa shape index (κ3) is 3.32. The Kier molecular flexibility index (Phi) is 4.92. The van der Waals surface area contributed by atoms with Crippen LogP contribution in [0.1, 0.15) is 13.3 Å². The molecule has 4 N–H and O–H groups in total. The Morgan fingerprint density at radius 1 is 1.56 bits per heavy atom. The molecule has 0 bridgehead atoms. The number of benzene rings is 1. The van der Waals surface area contributed by atoms with Gasteiger partial charge < -0.3 is 10.8 Å². The van der Waals surface area contributed by atoms with Gasteiger partial charge in [0, 0.05) is 11.1 Å². The molecule has 0 aliphatic heterocycles. The highest BCUT2D eigenvalue weighted by atomic mass is 35.5. The zero-order chi connectivity index (χ0) is 13.9. The van der Waals surface area contributed by atoms with Gasteiger partial charge in [-0.3, -0.25) is 0 Å². The van der Waals surface area contributed by atoms with Gasteiger partial charge in [-0.1, -0.05) is 18.5 Å². The number of sulfonamides is 1. The molecule has 8 heteroatoms. The summed E-state index contributed by atoms with van der Waals surface area (Å²) in [6.45, 7) is 1.31. The minimum absolute atomic E-state index is 0.0197. The Balaban J connectivity index is 3.20. The van der Waals surface area contributed by atoms with Crippen LogP contribution in [-0.4, -0.2) is 26.2 Å². The molecule has 0 aliphatic rings. The first-order valence-electron chi connectivity index (χ1n) is 5.19. The lowest BCUT2D eigenvalue weighted by atomic mass is 10.3. The quantitative estimate of drug-likeness (QED) is 0.710. The van der Waals surface area contributed by atoms with Gasteiger partial charge in [0.25, 0.3) is 0 Å². The number of hydrogen-bond donors (Lipinski definition) is 3. The van der Waals surface area contributed by atoms with Gasteiger partial charge in [0.1, 0.15) is 4.90 Å². The van der Waals surface area contributed by atoms with Crippen molar-refractivity contribution in [2.24, 2.45) is 0 Å². The maximum Gasteiger partial charge on any atom is 0.243 e. The lowest BCUT2D eigenvalue weighted by Crippen LogP contribution is -2.37. The number of halogens is 2. The average molecular weight is 297 g/mol. The molecule has 0 aliphatic carbocycles. The fraction of sp³-hybridized carbons (Fsp3) is 0.400. The molecule has 0 fully saturated rings. The van der Waals surface area contributed by atoms with Gasteiger partial charge in [-0.25, -0.2) is 17.5 Å². The van der Waals surface area contributed by atoms with Gasteiger partial charge >= 0.3 is 0 Å². The summed E-state index contributed by atoms with van der Waals surface area (Å²) in [5.41, 5.74) is 4.97. The van der Waals surface area contributed by atoms with Crippen molar-refractivity contribution in [1.82, 2.24) is 4.72 Å². The minimum Gasteiger partial charge on any atom is -0.396 e. The van der Waals surface area contributed by atoms with Crippen LogP contribution in [0.5, 0.6) is 0 Å². The SMILES string of the molecule is CC[C@H](CO)NS(=O)(=O)c1cc(Cl)cc(N)c1F. The predicted molar refractivity (Wildman–Crippen MR) is 67.3 cm³/mol. The molecule has 0 aromatic heterocycles. The van der Waals surface area contributed by atoms with E-state index in [1.54, 1.807) is 6.92 Å². The lowest BCUT2D eigenvalue weighted by molar-refractivity contribution is 0.253. The summed E-state index contributed by atoms with van der Waals surface area (Å²) < 4.78 is 39.7. The first kappa shape index (κ1) is 15.2. The summed E-state index contributed by atoms with van der Waals surface area (Å²) in [5, 5.41) is 8.96. The molecular formula is C10H14ClFN2O3S. The van der Waals surface area contributed by atoms with Crippen molar-refractivity contribution in [3.63, 3.8) is 0 Å². The second-order valence-electron chi connectivity index (χ2n) is 3.72. The normalized spacial score (nSPS) is 13.6.